The zero-order chi connectivity index (χ0) is 16.7. The average Bonchev–Trinajstić information content (AvgIpc) is 2.70. The van der Waals surface area contributed by atoms with Gasteiger partial charge < -0.3 is 34.6 Å². The summed E-state index contributed by atoms with van der Waals surface area (Å²) in [6.45, 7) is 4.42. The van der Waals surface area contributed by atoms with Crippen LogP contribution in [0.25, 0.3) is 0 Å². The summed E-state index contributed by atoms with van der Waals surface area (Å²) in [5.41, 5.74) is 5.74. The molecule has 2 aromatic carbocycles. The lowest BCUT2D eigenvalue weighted by Gasteiger charge is -2.26. The Morgan fingerprint density at radius 2 is 1.72 bits per heavy atom. The third-order valence-electron chi connectivity index (χ3n) is 4.63. The molecule has 1 atom stereocenters. The Morgan fingerprint density at radius 3 is 2.48 bits per heavy atom. The smallest absolute Gasteiger partial charge is 0.169 e. The van der Waals surface area contributed by atoms with E-state index in [1.165, 1.54) is 11.3 Å². The quantitative estimate of drug-likeness (QED) is 0.537. The highest BCUT2D eigenvalue weighted by atomic mass is 127. The van der Waals surface area contributed by atoms with Gasteiger partial charge in [0.2, 0.25) is 0 Å². The van der Waals surface area contributed by atoms with Gasteiger partial charge >= 0.3 is 0 Å². The summed E-state index contributed by atoms with van der Waals surface area (Å²) in [7, 11) is 0. The molecule has 0 aromatic heterocycles. The van der Waals surface area contributed by atoms with E-state index < -0.39 is 0 Å². The van der Waals surface area contributed by atoms with Crippen molar-refractivity contribution < 1.29 is 29.0 Å². The average molecular weight is 466 g/mol. The van der Waals surface area contributed by atoms with Crippen LogP contribution in [0.15, 0.2) is 59.8 Å². The Kier molecular flexibility index (Phi) is 5.11. The number of nitrogens with one attached hydrogen (secondary N) is 3. The molecule has 1 unspecified atom stereocenters. The number of benzene rings is 2. The standard InChI is InChI=1S/C20H20ClN3.HI/c1-20(2)11-18-14(12-22-20)19(13-7-3-4-8-15(13)21)24-17-10-6-5-9-16(17)23-18;/h3-10,12,19,23-24H,11H2,1-2H3;1H. The van der Waals surface area contributed by atoms with Crippen LogP contribution < -0.4 is 39.6 Å². The van der Waals surface area contributed by atoms with Crippen molar-refractivity contribution in [2.45, 2.75) is 31.8 Å². The monoisotopic (exact) mass is 465 g/mol. The maximum Gasteiger partial charge on any atom is 0.169 e. The number of fused-ring (bicyclic) bond motifs is 1. The van der Waals surface area contributed by atoms with E-state index in [1.54, 1.807) is 0 Å². The molecule has 0 saturated carbocycles. The van der Waals surface area contributed by atoms with Crippen molar-refractivity contribution in [2.24, 2.45) is 0 Å². The number of hydrogen-bond acceptors (Lipinski definition) is 2. The van der Waals surface area contributed by atoms with Crippen LogP contribution in [-0.4, -0.2) is 11.8 Å². The number of hydrogen-bond donors (Lipinski definition) is 3. The molecule has 0 aliphatic carbocycles. The zero-order valence-corrected chi connectivity index (χ0v) is 17.1. The first kappa shape index (κ1) is 18.3. The molecule has 4 rings (SSSR count). The van der Waals surface area contributed by atoms with E-state index in [0.717, 1.165) is 28.4 Å². The first-order chi connectivity index (χ1) is 11.5. The molecule has 0 saturated heterocycles. The van der Waals surface area contributed by atoms with E-state index in [-0.39, 0.29) is 35.6 Å². The van der Waals surface area contributed by atoms with Crippen LogP contribution in [0.2, 0.25) is 5.02 Å². The Labute approximate surface area is 170 Å². The molecular weight excluding hydrogens is 445 g/mol. The molecule has 130 valence electrons. The van der Waals surface area contributed by atoms with Crippen LogP contribution in [0.3, 0.4) is 0 Å². The van der Waals surface area contributed by atoms with Gasteiger partial charge in [-0.05, 0) is 23.8 Å². The minimum absolute atomic E-state index is 0. The highest BCUT2D eigenvalue weighted by Gasteiger charge is 2.35. The van der Waals surface area contributed by atoms with E-state index in [1.807, 2.05) is 24.3 Å². The molecule has 3 N–H and O–H groups in total. The van der Waals surface area contributed by atoms with Crippen LogP contribution >= 0.6 is 11.6 Å². The first-order valence-corrected chi connectivity index (χ1v) is 8.62. The van der Waals surface area contributed by atoms with Crippen molar-refractivity contribution in [1.82, 2.24) is 0 Å². The number of rotatable bonds is 1. The molecule has 25 heavy (non-hydrogen) atoms. The summed E-state index contributed by atoms with van der Waals surface area (Å²) >= 11 is 6.51. The molecule has 0 amide bonds. The number of para-hydroxylation sites is 2. The van der Waals surface area contributed by atoms with E-state index in [0.29, 0.717) is 0 Å². The highest BCUT2D eigenvalue weighted by Crippen LogP contribution is 2.39. The largest absolute Gasteiger partial charge is 1.00 e. The van der Waals surface area contributed by atoms with Crippen LogP contribution in [0.4, 0.5) is 11.4 Å². The molecule has 0 fully saturated rings. The summed E-state index contributed by atoms with van der Waals surface area (Å²) < 4.78 is 0. The third-order valence-corrected chi connectivity index (χ3v) is 4.97. The maximum atomic E-state index is 6.51. The van der Waals surface area contributed by atoms with E-state index in [2.05, 4.69) is 60.0 Å². The van der Waals surface area contributed by atoms with Crippen molar-refractivity contribution in [3.05, 3.63) is 70.4 Å². The predicted molar refractivity (Wildman–Crippen MR) is 101 cm³/mol. The van der Waals surface area contributed by atoms with Gasteiger partial charge in [0.05, 0.1) is 29.4 Å². The van der Waals surface area contributed by atoms with E-state index in [4.69, 9.17) is 11.6 Å². The van der Waals surface area contributed by atoms with Gasteiger partial charge in [-0.15, -0.1) is 0 Å². The molecule has 2 aliphatic rings. The van der Waals surface area contributed by atoms with Gasteiger partial charge in [-0.1, -0.05) is 41.9 Å². The molecular formula is C20H21ClIN3. The van der Waals surface area contributed by atoms with Crippen molar-refractivity contribution in [1.29, 1.82) is 0 Å². The van der Waals surface area contributed by atoms with Crippen molar-refractivity contribution in [3.8, 4) is 0 Å². The fourth-order valence-electron chi connectivity index (χ4n) is 3.40. The summed E-state index contributed by atoms with van der Waals surface area (Å²) in [5, 5.41) is 8.08. The van der Waals surface area contributed by atoms with Gasteiger partial charge in [0.1, 0.15) is 0 Å². The van der Waals surface area contributed by atoms with Crippen LogP contribution in [0.1, 0.15) is 31.9 Å². The van der Waals surface area contributed by atoms with E-state index >= 15 is 0 Å². The fourth-order valence-corrected chi connectivity index (χ4v) is 3.64. The van der Waals surface area contributed by atoms with E-state index in [9.17, 15) is 0 Å². The van der Waals surface area contributed by atoms with Gasteiger partial charge in [0.15, 0.2) is 11.8 Å². The van der Waals surface area contributed by atoms with Crippen molar-refractivity contribution >= 4 is 29.2 Å². The summed E-state index contributed by atoms with van der Waals surface area (Å²) in [6.07, 6.45) is 3.05. The Hall–Kier alpha value is -1.53. The Morgan fingerprint density at radius 1 is 1.04 bits per heavy atom. The molecule has 3 nitrogen and oxygen atoms in total. The second-order valence-electron chi connectivity index (χ2n) is 7.05. The molecule has 2 aromatic rings. The van der Waals surface area contributed by atoms with Gasteiger partial charge in [-0.25, -0.2) is 4.99 Å². The lowest BCUT2D eigenvalue weighted by atomic mass is 9.89. The normalized spacial score (nSPS) is 20.4. The predicted octanol–water partition coefficient (Wildman–Crippen LogP) is 0.510. The Bertz CT molecular complexity index is 858. The van der Waals surface area contributed by atoms with Crippen LogP contribution in [-0.2, 0) is 0 Å². The minimum atomic E-state index is 0. The lowest BCUT2D eigenvalue weighted by Crippen LogP contribution is -3.00. The SMILES string of the molecule is CC1(C)CC2=C(C=[NH+]1)C(c1ccccc1Cl)Nc1ccccc1N2.[I-]. The zero-order valence-electron chi connectivity index (χ0n) is 14.2. The topological polar surface area (TPSA) is 38.0 Å². The molecule has 0 spiro atoms. The summed E-state index contributed by atoms with van der Waals surface area (Å²) in [4.78, 5) is 3.53. The third kappa shape index (κ3) is 3.55. The fraction of sp³-hybridized carbons (Fsp3) is 0.250. The van der Waals surface area contributed by atoms with Gasteiger partial charge in [0.25, 0.3) is 0 Å². The van der Waals surface area contributed by atoms with Crippen molar-refractivity contribution in [2.75, 3.05) is 10.6 Å². The van der Waals surface area contributed by atoms with Crippen LogP contribution in [0.5, 0.6) is 0 Å². The molecule has 2 heterocycles. The molecule has 0 bridgehead atoms. The highest BCUT2D eigenvalue weighted by molar-refractivity contribution is 6.31. The lowest BCUT2D eigenvalue weighted by molar-refractivity contribution is -0.540. The van der Waals surface area contributed by atoms with Crippen LogP contribution in [0, 0.1) is 0 Å². The Balaban J connectivity index is 0.00000182. The summed E-state index contributed by atoms with van der Waals surface area (Å²) in [5.74, 6) is 0. The van der Waals surface area contributed by atoms with Crippen molar-refractivity contribution in [3.63, 3.8) is 0 Å². The second-order valence-corrected chi connectivity index (χ2v) is 7.46. The second kappa shape index (κ2) is 7.00. The molecule has 5 heteroatoms. The summed E-state index contributed by atoms with van der Waals surface area (Å²) in [6, 6.07) is 16.4. The van der Waals surface area contributed by atoms with Gasteiger partial charge in [-0.3, -0.25) is 0 Å². The van der Waals surface area contributed by atoms with Gasteiger partial charge in [-0.2, -0.15) is 0 Å². The molecule has 0 radical (unpaired) electrons. The number of anilines is 2. The minimum Gasteiger partial charge on any atom is -1.00 e. The number of halogens is 2. The first-order valence-electron chi connectivity index (χ1n) is 8.24. The molecule has 2 aliphatic heterocycles. The maximum absolute atomic E-state index is 6.51. The van der Waals surface area contributed by atoms with Gasteiger partial charge in [0, 0.05) is 24.6 Å².